The molecule has 2 aromatic rings. The number of thiophene rings is 1. The number of amides is 1. The lowest BCUT2D eigenvalue weighted by molar-refractivity contribution is 0.102. The molecule has 1 aromatic heterocycles. The molecule has 2 rings (SSSR count). The Bertz CT molecular complexity index is 648. The monoisotopic (exact) mass is 340 g/mol. The maximum absolute atomic E-state index is 11.9. The highest BCUT2D eigenvalue weighted by Gasteiger charge is 2.11. The van der Waals surface area contributed by atoms with Crippen LogP contribution in [0.3, 0.4) is 0 Å². The van der Waals surface area contributed by atoms with E-state index >= 15 is 0 Å². The van der Waals surface area contributed by atoms with Crippen LogP contribution in [0.4, 0.5) is 5.69 Å². The van der Waals surface area contributed by atoms with Crippen LogP contribution in [0.5, 0.6) is 0 Å². The van der Waals surface area contributed by atoms with Crippen LogP contribution in [0.25, 0.3) is 0 Å². The van der Waals surface area contributed by atoms with Crippen LogP contribution in [0.1, 0.15) is 15.9 Å². The number of benzene rings is 1. The van der Waals surface area contributed by atoms with Gasteiger partial charge >= 0.3 is 0 Å². The molecule has 0 unspecified atom stereocenters. The molecule has 0 saturated heterocycles. The molecule has 0 aliphatic carbocycles. The van der Waals surface area contributed by atoms with Crippen molar-refractivity contribution >= 4 is 50.5 Å². The molecule has 90 valence electrons. The summed E-state index contributed by atoms with van der Waals surface area (Å²) in [4.78, 5) is 11.9. The Balaban J connectivity index is 2.27. The van der Waals surface area contributed by atoms with Gasteiger partial charge in [0.25, 0.3) is 5.91 Å². The fourth-order valence-corrected chi connectivity index (χ4v) is 2.65. The molecule has 1 N–H and O–H groups in total. The van der Waals surface area contributed by atoms with E-state index in [0.29, 0.717) is 21.8 Å². The van der Waals surface area contributed by atoms with Gasteiger partial charge in [0.05, 0.1) is 20.6 Å². The predicted octanol–water partition coefficient (Wildman–Crippen LogP) is 4.29. The summed E-state index contributed by atoms with van der Waals surface area (Å²) in [7, 11) is 0. The van der Waals surface area contributed by atoms with Gasteiger partial charge in [-0.2, -0.15) is 5.26 Å². The summed E-state index contributed by atoms with van der Waals surface area (Å²) < 4.78 is 0.874. The zero-order valence-electron chi connectivity index (χ0n) is 8.91. The first-order valence-electron chi connectivity index (χ1n) is 4.85. The number of rotatable bonds is 2. The van der Waals surface area contributed by atoms with Crippen molar-refractivity contribution in [2.24, 2.45) is 0 Å². The highest BCUT2D eigenvalue weighted by atomic mass is 79.9. The summed E-state index contributed by atoms with van der Waals surface area (Å²) in [5.41, 5.74) is 1.33. The summed E-state index contributed by atoms with van der Waals surface area (Å²) in [5.74, 6) is -0.268. The number of nitrogens with zero attached hydrogens (tertiary/aromatic N) is 1. The van der Waals surface area contributed by atoms with Crippen LogP contribution in [0.15, 0.2) is 33.4 Å². The van der Waals surface area contributed by atoms with E-state index in [0.717, 1.165) is 3.79 Å². The zero-order chi connectivity index (χ0) is 13.1. The lowest BCUT2D eigenvalue weighted by atomic mass is 10.2. The fraction of sp³-hybridized carbons (Fsp3) is 0. The van der Waals surface area contributed by atoms with E-state index in [1.54, 1.807) is 29.6 Å². The summed E-state index contributed by atoms with van der Waals surface area (Å²) in [6.45, 7) is 0. The lowest BCUT2D eigenvalue weighted by Gasteiger charge is -2.06. The number of hydrogen-bond donors (Lipinski definition) is 1. The van der Waals surface area contributed by atoms with Gasteiger partial charge in [0.2, 0.25) is 0 Å². The van der Waals surface area contributed by atoms with E-state index in [-0.39, 0.29) is 5.91 Å². The van der Waals surface area contributed by atoms with E-state index in [4.69, 9.17) is 16.9 Å². The third-order valence-electron chi connectivity index (χ3n) is 2.18. The quantitative estimate of drug-likeness (QED) is 0.886. The molecule has 0 aliphatic rings. The number of hydrogen-bond acceptors (Lipinski definition) is 3. The summed E-state index contributed by atoms with van der Waals surface area (Å²) in [6, 6.07) is 8.46. The summed E-state index contributed by atoms with van der Waals surface area (Å²) in [6.07, 6.45) is 0. The zero-order valence-corrected chi connectivity index (χ0v) is 12.1. The maximum Gasteiger partial charge on any atom is 0.256 e. The molecule has 0 spiro atoms. The number of halogens is 2. The second kappa shape index (κ2) is 5.53. The molecule has 1 heterocycles. The average Bonchev–Trinajstić information content (AvgIpc) is 2.76. The minimum atomic E-state index is -0.268. The molecule has 6 heteroatoms. The van der Waals surface area contributed by atoms with Crippen molar-refractivity contribution in [1.82, 2.24) is 0 Å². The second-order valence-electron chi connectivity index (χ2n) is 3.40. The highest BCUT2D eigenvalue weighted by Crippen LogP contribution is 2.24. The van der Waals surface area contributed by atoms with Crippen molar-refractivity contribution < 1.29 is 4.79 Å². The predicted molar refractivity (Wildman–Crippen MR) is 76.1 cm³/mol. The second-order valence-corrected chi connectivity index (χ2v) is 6.12. The summed E-state index contributed by atoms with van der Waals surface area (Å²) >= 11 is 10.6. The van der Waals surface area contributed by atoms with Gasteiger partial charge in [-0.3, -0.25) is 4.79 Å². The van der Waals surface area contributed by atoms with Crippen molar-refractivity contribution in [3.05, 3.63) is 49.6 Å². The summed E-state index contributed by atoms with van der Waals surface area (Å²) in [5, 5.41) is 13.8. The Kier molecular flexibility index (Phi) is 4.02. The number of anilines is 1. The number of nitrogens with one attached hydrogen (secondary N) is 1. The fourth-order valence-electron chi connectivity index (χ4n) is 1.34. The smallest absolute Gasteiger partial charge is 0.256 e. The Morgan fingerprint density at radius 3 is 2.83 bits per heavy atom. The van der Waals surface area contributed by atoms with Gasteiger partial charge in [-0.15, -0.1) is 11.3 Å². The van der Waals surface area contributed by atoms with Crippen LogP contribution < -0.4 is 5.32 Å². The molecule has 0 aliphatic heterocycles. The Morgan fingerprint density at radius 2 is 2.22 bits per heavy atom. The average molecular weight is 342 g/mol. The first kappa shape index (κ1) is 13.1. The van der Waals surface area contributed by atoms with Gasteiger partial charge in [0.1, 0.15) is 6.07 Å². The minimum absolute atomic E-state index is 0.268. The van der Waals surface area contributed by atoms with E-state index in [2.05, 4.69) is 21.2 Å². The molecule has 0 fully saturated rings. The van der Waals surface area contributed by atoms with Crippen LogP contribution in [0.2, 0.25) is 5.02 Å². The largest absolute Gasteiger partial charge is 0.321 e. The highest BCUT2D eigenvalue weighted by molar-refractivity contribution is 9.11. The topological polar surface area (TPSA) is 52.9 Å². The standard InChI is InChI=1S/C12H6BrClN2OS/c13-11-3-8(6-18-11)12(17)16-10-4-9(14)2-1-7(10)5-15/h1-4,6H,(H,16,17). The molecule has 1 aromatic carbocycles. The van der Waals surface area contributed by atoms with Gasteiger partial charge in [0.15, 0.2) is 0 Å². The SMILES string of the molecule is N#Cc1ccc(Cl)cc1NC(=O)c1csc(Br)c1. The van der Waals surface area contributed by atoms with Crippen LogP contribution in [0, 0.1) is 11.3 Å². The van der Waals surface area contributed by atoms with Gasteiger partial charge in [-0.05, 0) is 40.2 Å². The van der Waals surface area contributed by atoms with Gasteiger partial charge in [-0.1, -0.05) is 11.6 Å². The van der Waals surface area contributed by atoms with Crippen LogP contribution in [-0.2, 0) is 0 Å². The Morgan fingerprint density at radius 1 is 1.44 bits per heavy atom. The Labute approximate surface area is 121 Å². The minimum Gasteiger partial charge on any atom is -0.321 e. The van der Waals surface area contributed by atoms with E-state index < -0.39 is 0 Å². The molecule has 3 nitrogen and oxygen atoms in total. The van der Waals surface area contributed by atoms with Gasteiger partial charge in [-0.25, -0.2) is 0 Å². The first-order chi connectivity index (χ1) is 8.60. The van der Waals surface area contributed by atoms with Crippen LogP contribution >= 0.6 is 38.9 Å². The molecule has 18 heavy (non-hydrogen) atoms. The van der Waals surface area contributed by atoms with Gasteiger partial charge < -0.3 is 5.32 Å². The third-order valence-corrected chi connectivity index (χ3v) is 3.92. The normalized spacial score (nSPS) is 9.83. The van der Waals surface area contributed by atoms with Crippen LogP contribution in [-0.4, -0.2) is 5.91 Å². The van der Waals surface area contributed by atoms with Gasteiger partial charge in [0, 0.05) is 10.4 Å². The Hall–Kier alpha value is -1.35. The van der Waals surface area contributed by atoms with Crippen molar-refractivity contribution in [2.45, 2.75) is 0 Å². The van der Waals surface area contributed by atoms with Crippen molar-refractivity contribution in [3.63, 3.8) is 0 Å². The molecule has 1 amide bonds. The van der Waals surface area contributed by atoms with Crippen molar-refractivity contribution in [3.8, 4) is 6.07 Å². The molecule has 0 radical (unpaired) electrons. The molecule has 0 atom stereocenters. The van der Waals surface area contributed by atoms with Crippen molar-refractivity contribution in [2.75, 3.05) is 5.32 Å². The number of carbonyl (C=O) groups excluding carboxylic acids is 1. The maximum atomic E-state index is 11.9. The molecular formula is C12H6BrClN2OS. The third kappa shape index (κ3) is 2.91. The lowest BCUT2D eigenvalue weighted by Crippen LogP contribution is -2.11. The van der Waals surface area contributed by atoms with E-state index in [1.807, 2.05) is 6.07 Å². The number of carbonyl (C=O) groups is 1. The first-order valence-corrected chi connectivity index (χ1v) is 6.90. The van der Waals surface area contributed by atoms with E-state index in [9.17, 15) is 4.79 Å². The molecular weight excluding hydrogens is 336 g/mol. The molecule has 0 saturated carbocycles. The van der Waals surface area contributed by atoms with Crippen molar-refractivity contribution in [1.29, 1.82) is 5.26 Å². The molecule has 0 bridgehead atoms. The number of nitriles is 1. The van der Waals surface area contributed by atoms with E-state index in [1.165, 1.54) is 11.3 Å².